The summed E-state index contributed by atoms with van der Waals surface area (Å²) >= 11 is 9.65. The monoisotopic (exact) mass is 427 g/mol. The molecule has 0 radical (unpaired) electrons. The van der Waals surface area contributed by atoms with Crippen molar-refractivity contribution in [2.75, 3.05) is 6.54 Å². The van der Waals surface area contributed by atoms with E-state index >= 15 is 0 Å². The minimum atomic E-state index is -4.60. The third-order valence-corrected chi connectivity index (χ3v) is 7.69. The van der Waals surface area contributed by atoms with Gasteiger partial charge in [-0.2, -0.15) is 17.5 Å². The van der Waals surface area contributed by atoms with Gasteiger partial charge in [-0.1, -0.05) is 25.4 Å². The van der Waals surface area contributed by atoms with Crippen LogP contribution in [0.1, 0.15) is 26.7 Å². The van der Waals surface area contributed by atoms with E-state index in [1.807, 2.05) is 0 Å². The molecular weight excluding hydrogens is 415 g/mol. The molecule has 0 aliphatic carbocycles. The first kappa shape index (κ1) is 19.2. The largest absolute Gasteiger partial charge is 0.402 e. The van der Waals surface area contributed by atoms with Crippen molar-refractivity contribution in [3.05, 3.63) is 14.9 Å². The second-order valence-corrected chi connectivity index (χ2v) is 9.22. The third kappa shape index (κ3) is 4.82. The van der Waals surface area contributed by atoms with Crippen LogP contribution in [0.15, 0.2) is 14.1 Å². The SMILES string of the molecule is CCC(CC)N(CC(F)(F)F)S(=O)(=O)c1cc(Cl)c(Br)s1. The molecule has 0 spiro atoms. The van der Waals surface area contributed by atoms with Crippen molar-refractivity contribution in [3.8, 4) is 0 Å². The molecule has 0 aliphatic heterocycles. The van der Waals surface area contributed by atoms with E-state index in [1.165, 1.54) is 0 Å². The van der Waals surface area contributed by atoms with E-state index in [0.29, 0.717) is 20.9 Å². The van der Waals surface area contributed by atoms with Gasteiger partial charge in [-0.25, -0.2) is 8.42 Å². The Morgan fingerprint density at radius 1 is 1.38 bits per heavy atom. The van der Waals surface area contributed by atoms with Gasteiger partial charge in [0.25, 0.3) is 10.0 Å². The molecule has 10 heteroatoms. The lowest BCUT2D eigenvalue weighted by Gasteiger charge is -2.29. The van der Waals surface area contributed by atoms with E-state index in [9.17, 15) is 21.6 Å². The van der Waals surface area contributed by atoms with E-state index in [2.05, 4.69) is 15.9 Å². The zero-order valence-electron chi connectivity index (χ0n) is 11.2. The molecule has 0 atom stereocenters. The minimum absolute atomic E-state index is 0.162. The first-order valence-corrected chi connectivity index (χ1v) is 9.49. The zero-order valence-corrected chi connectivity index (χ0v) is 15.2. The van der Waals surface area contributed by atoms with Crippen molar-refractivity contribution in [2.24, 2.45) is 0 Å². The standard InChI is InChI=1S/C11H14BrClF3NO2S2/c1-3-7(4-2)17(6-11(14,15)16)21(18,19)9-5-8(13)10(12)20-9/h5,7H,3-4,6H2,1-2H3. The summed E-state index contributed by atoms with van der Waals surface area (Å²) in [6.45, 7) is 1.81. The van der Waals surface area contributed by atoms with Crippen LogP contribution in [-0.4, -0.2) is 31.5 Å². The van der Waals surface area contributed by atoms with Crippen LogP contribution in [0.2, 0.25) is 5.02 Å². The minimum Gasteiger partial charge on any atom is -0.206 e. The molecule has 1 aromatic heterocycles. The molecule has 122 valence electrons. The molecule has 0 aliphatic rings. The molecule has 0 saturated heterocycles. The highest BCUT2D eigenvalue weighted by Gasteiger charge is 2.40. The Balaban J connectivity index is 3.29. The molecule has 0 saturated carbocycles. The van der Waals surface area contributed by atoms with Crippen molar-refractivity contribution in [1.29, 1.82) is 0 Å². The van der Waals surface area contributed by atoms with E-state index in [0.717, 1.165) is 17.4 Å². The number of nitrogens with zero attached hydrogens (tertiary/aromatic N) is 1. The lowest BCUT2D eigenvalue weighted by molar-refractivity contribution is -0.139. The molecule has 0 N–H and O–H groups in total. The van der Waals surface area contributed by atoms with Crippen LogP contribution in [0.5, 0.6) is 0 Å². The van der Waals surface area contributed by atoms with Gasteiger partial charge in [0, 0.05) is 6.04 Å². The predicted octanol–water partition coefficient (Wildman–Crippen LogP) is 4.91. The number of hydrogen-bond acceptors (Lipinski definition) is 3. The van der Waals surface area contributed by atoms with Crippen molar-refractivity contribution < 1.29 is 21.6 Å². The number of rotatable bonds is 6. The third-order valence-electron chi connectivity index (χ3n) is 2.87. The second-order valence-electron chi connectivity index (χ2n) is 4.32. The fourth-order valence-electron chi connectivity index (χ4n) is 1.85. The molecule has 0 bridgehead atoms. The summed E-state index contributed by atoms with van der Waals surface area (Å²) in [6, 6.07) is 0.452. The normalized spacial score (nSPS) is 13.4. The fourth-order valence-corrected chi connectivity index (χ4v) is 6.14. The lowest BCUT2D eigenvalue weighted by Crippen LogP contribution is -2.45. The van der Waals surface area contributed by atoms with Crippen molar-refractivity contribution in [1.82, 2.24) is 4.31 Å². The van der Waals surface area contributed by atoms with Gasteiger partial charge in [0.15, 0.2) is 0 Å². The Labute approximate surface area is 139 Å². The van der Waals surface area contributed by atoms with Gasteiger partial charge in [-0.15, -0.1) is 11.3 Å². The topological polar surface area (TPSA) is 37.4 Å². The maximum atomic E-state index is 12.7. The van der Waals surface area contributed by atoms with Gasteiger partial charge >= 0.3 is 6.18 Å². The summed E-state index contributed by atoms with van der Waals surface area (Å²) in [5.41, 5.74) is 0. The van der Waals surface area contributed by atoms with Gasteiger partial charge in [0.2, 0.25) is 0 Å². The summed E-state index contributed by atoms with van der Waals surface area (Å²) in [4.78, 5) is 0. The molecule has 0 unspecified atom stereocenters. The Bertz CT molecular complexity index is 565. The maximum absolute atomic E-state index is 12.7. The average Bonchev–Trinajstić information content (AvgIpc) is 2.69. The molecule has 0 amide bonds. The first-order valence-electron chi connectivity index (χ1n) is 6.06. The molecule has 0 aromatic carbocycles. The highest BCUT2D eigenvalue weighted by atomic mass is 79.9. The van der Waals surface area contributed by atoms with Crippen LogP contribution in [0.25, 0.3) is 0 Å². The van der Waals surface area contributed by atoms with Crippen LogP contribution >= 0.6 is 38.9 Å². The Kier molecular flexibility index (Phi) is 6.55. The molecule has 1 heterocycles. The second kappa shape index (κ2) is 7.16. The zero-order chi connectivity index (χ0) is 16.4. The molecule has 3 nitrogen and oxygen atoms in total. The smallest absolute Gasteiger partial charge is 0.206 e. The molecule has 1 rings (SSSR count). The predicted molar refractivity (Wildman–Crippen MR) is 81.3 cm³/mol. The number of thiophene rings is 1. The quantitative estimate of drug-likeness (QED) is 0.646. The average molecular weight is 429 g/mol. The van der Waals surface area contributed by atoms with Crippen molar-refractivity contribution in [2.45, 2.75) is 43.1 Å². The maximum Gasteiger partial charge on any atom is 0.402 e. The van der Waals surface area contributed by atoms with Crippen LogP contribution in [0.4, 0.5) is 13.2 Å². The summed E-state index contributed by atoms with van der Waals surface area (Å²) in [6.07, 6.45) is -4.01. The van der Waals surface area contributed by atoms with Crippen molar-refractivity contribution in [3.63, 3.8) is 0 Å². The van der Waals surface area contributed by atoms with Gasteiger partial charge in [-0.05, 0) is 34.8 Å². The number of hydrogen-bond donors (Lipinski definition) is 0. The van der Waals surface area contributed by atoms with E-state index in [1.54, 1.807) is 13.8 Å². The molecule has 21 heavy (non-hydrogen) atoms. The number of alkyl halides is 3. The van der Waals surface area contributed by atoms with E-state index in [-0.39, 0.29) is 9.23 Å². The van der Waals surface area contributed by atoms with Gasteiger partial charge in [0.05, 0.1) is 8.81 Å². The Morgan fingerprint density at radius 2 is 1.90 bits per heavy atom. The molecule has 1 aromatic rings. The fraction of sp³-hybridized carbons (Fsp3) is 0.636. The summed E-state index contributed by atoms with van der Waals surface area (Å²) in [5.74, 6) is 0. The van der Waals surface area contributed by atoms with Gasteiger partial charge in [0.1, 0.15) is 10.8 Å². The van der Waals surface area contributed by atoms with Crippen LogP contribution < -0.4 is 0 Å². The highest BCUT2D eigenvalue weighted by Crippen LogP contribution is 2.37. The summed E-state index contributed by atoms with van der Waals surface area (Å²) in [5, 5.41) is 0.162. The lowest BCUT2D eigenvalue weighted by atomic mass is 10.2. The van der Waals surface area contributed by atoms with Crippen molar-refractivity contribution >= 4 is 48.9 Å². The Morgan fingerprint density at radius 3 is 2.24 bits per heavy atom. The summed E-state index contributed by atoms with van der Waals surface area (Å²) < 4.78 is 63.9. The van der Waals surface area contributed by atoms with Crippen LogP contribution in [0, 0.1) is 0 Å². The number of sulfonamides is 1. The highest BCUT2D eigenvalue weighted by molar-refractivity contribution is 9.11. The van der Waals surface area contributed by atoms with Gasteiger partial charge in [-0.3, -0.25) is 0 Å². The van der Waals surface area contributed by atoms with Gasteiger partial charge < -0.3 is 0 Å². The number of halogens is 5. The first-order chi connectivity index (χ1) is 9.52. The van der Waals surface area contributed by atoms with E-state index < -0.39 is 28.8 Å². The molecular formula is C11H14BrClF3NO2S2. The molecule has 0 fully saturated rings. The summed E-state index contributed by atoms with van der Waals surface area (Å²) in [7, 11) is -4.24. The van der Waals surface area contributed by atoms with E-state index in [4.69, 9.17) is 11.6 Å². The van der Waals surface area contributed by atoms with Crippen LogP contribution in [-0.2, 0) is 10.0 Å². The Hall–Kier alpha value is 0.170. The van der Waals surface area contributed by atoms with Crippen LogP contribution in [0.3, 0.4) is 0 Å².